The lowest BCUT2D eigenvalue weighted by molar-refractivity contribution is -0.140. The van der Waals surface area contributed by atoms with Crippen LogP contribution in [-0.2, 0) is 11.3 Å². The maximum absolute atomic E-state index is 14.0. The highest BCUT2D eigenvalue weighted by Crippen LogP contribution is 2.30. The Morgan fingerprint density at radius 2 is 2.29 bits per heavy atom. The minimum absolute atomic E-state index is 0.113. The topological polar surface area (TPSA) is 56.1 Å². The first-order valence-electron chi connectivity index (χ1n) is 7.38. The molecule has 2 atom stereocenters. The molecule has 1 N–H and O–H groups in total. The summed E-state index contributed by atoms with van der Waals surface area (Å²) in [7, 11) is 0. The number of amides is 1. The second-order valence-electron chi connectivity index (χ2n) is 5.80. The first-order chi connectivity index (χ1) is 10.2. The fraction of sp³-hybridized carbons (Fsp3) is 0.500. The predicted molar refractivity (Wildman–Crippen MR) is 75.7 cm³/mol. The molecular formula is C16H18FN3O. The molecule has 1 amide bonds. The van der Waals surface area contributed by atoms with E-state index in [9.17, 15) is 9.18 Å². The average molecular weight is 287 g/mol. The summed E-state index contributed by atoms with van der Waals surface area (Å²) in [5.41, 5.74) is 0.794. The Labute approximate surface area is 123 Å². The van der Waals surface area contributed by atoms with Crippen LogP contribution in [0.2, 0.25) is 0 Å². The van der Waals surface area contributed by atoms with E-state index in [1.165, 1.54) is 6.07 Å². The highest BCUT2D eigenvalue weighted by molar-refractivity contribution is 5.77. The largest absolute Gasteiger partial charge is 0.335 e. The highest BCUT2D eigenvalue weighted by Gasteiger charge is 2.37. The van der Waals surface area contributed by atoms with E-state index in [1.54, 1.807) is 12.1 Å². The van der Waals surface area contributed by atoms with Gasteiger partial charge in [0.05, 0.1) is 11.6 Å². The first kappa shape index (κ1) is 14.0. The maximum Gasteiger partial charge on any atom is 0.223 e. The fourth-order valence-corrected chi connectivity index (χ4v) is 3.39. The molecule has 5 heteroatoms. The van der Waals surface area contributed by atoms with Crippen molar-refractivity contribution in [3.63, 3.8) is 0 Å². The zero-order valence-corrected chi connectivity index (χ0v) is 11.8. The van der Waals surface area contributed by atoms with E-state index in [-0.39, 0.29) is 11.9 Å². The van der Waals surface area contributed by atoms with Gasteiger partial charge in [0.1, 0.15) is 5.82 Å². The van der Waals surface area contributed by atoms with Gasteiger partial charge in [0.15, 0.2) is 0 Å². The minimum Gasteiger partial charge on any atom is -0.335 e. The quantitative estimate of drug-likeness (QED) is 0.902. The number of carbonyl (C=O) groups is 1. The Bertz CT molecular complexity index is 596. The molecular weight excluding hydrogens is 269 g/mol. The Kier molecular flexibility index (Phi) is 3.89. The molecule has 1 aromatic rings. The van der Waals surface area contributed by atoms with Crippen LogP contribution in [0.15, 0.2) is 18.2 Å². The van der Waals surface area contributed by atoms with Crippen molar-refractivity contribution in [2.75, 3.05) is 13.1 Å². The van der Waals surface area contributed by atoms with E-state index < -0.39 is 5.82 Å². The minimum atomic E-state index is -0.405. The van der Waals surface area contributed by atoms with Crippen LogP contribution in [0, 0.1) is 23.1 Å². The second kappa shape index (κ2) is 5.82. The average Bonchev–Trinajstić information content (AvgIpc) is 2.51. The smallest absolute Gasteiger partial charge is 0.223 e. The first-order valence-corrected chi connectivity index (χ1v) is 7.38. The van der Waals surface area contributed by atoms with Crippen LogP contribution < -0.4 is 5.32 Å². The second-order valence-corrected chi connectivity index (χ2v) is 5.80. The molecule has 2 saturated heterocycles. The van der Waals surface area contributed by atoms with Crippen LogP contribution in [-0.4, -0.2) is 29.9 Å². The molecule has 2 unspecified atom stereocenters. The molecule has 0 bridgehead atoms. The normalized spacial score (nSPS) is 25.3. The van der Waals surface area contributed by atoms with Crippen molar-refractivity contribution in [2.24, 2.45) is 5.92 Å². The van der Waals surface area contributed by atoms with Gasteiger partial charge in [-0.25, -0.2) is 4.39 Å². The molecule has 2 aliphatic heterocycles. The third-order valence-electron chi connectivity index (χ3n) is 4.54. The molecule has 0 spiro atoms. The summed E-state index contributed by atoms with van der Waals surface area (Å²) in [6, 6.07) is 6.60. The molecule has 4 nitrogen and oxygen atoms in total. The van der Waals surface area contributed by atoms with Crippen molar-refractivity contribution in [3.05, 3.63) is 35.1 Å². The molecule has 2 fully saturated rings. The number of halogens is 1. The van der Waals surface area contributed by atoms with Gasteiger partial charge in [0, 0.05) is 24.6 Å². The molecule has 3 rings (SSSR count). The SMILES string of the molecule is N#Cc1ccc(CN2C(=O)CCC3CNCCC32)c(F)c1. The van der Waals surface area contributed by atoms with Crippen molar-refractivity contribution in [1.82, 2.24) is 10.2 Å². The number of likely N-dealkylation sites (tertiary alicyclic amines) is 1. The van der Waals surface area contributed by atoms with E-state index in [4.69, 9.17) is 5.26 Å². The molecule has 0 radical (unpaired) electrons. The Morgan fingerprint density at radius 3 is 3.05 bits per heavy atom. The summed E-state index contributed by atoms with van der Waals surface area (Å²) in [4.78, 5) is 14.1. The number of nitriles is 1. The standard InChI is InChI=1S/C16H18FN3O/c17-14-7-11(8-18)1-2-13(14)10-20-15-5-6-19-9-12(15)3-4-16(20)21/h1-2,7,12,15,19H,3-6,9-10H2. The summed E-state index contributed by atoms with van der Waals surface area (Å²) < 4.78 is 14.0. The van der Waals surface area contributed by atoms with Crippen molar-refractivity contribution < 1.29 is 9.18 Å². The van der Waals surface area contributed by atoms with Crippen molar-refractivity contribution in [1.29, 1.82) is 5.26 Å². The molecule has 0 aliphatic carbocycles. The molecule has 110 valence electrons. The van der Waals surface area contributed by atoms with Crippen molar-refractivity contribution in [2.45, 2.75) is 31.8 Å². The number of benzene rings is 1. The zero-order valence-electron chi connectivity index (χ0n) is 11.8. The number of nitrogens with zero attached hydrogens (tertiary/aromatic N) is 2. The van der Waals surface area contributed by atoms with Crippen LogP contribution in [0.5, 0.6) is 0 Å². The summed E-state index contributed by atoms with van der Waals surface area (Å²) >= 11 is 0. The van der Waals surface area contributed by atoms with Gasteiger partial charge in [-0.05, 0) is 44.0 Å². The van der Waals surface area contributed by atoms with Gasteiger partial charge in [-0.2, -0.15) is 5.26 Å². The van der Waals surface area contributed by atoms with E-state index in [0.717, 1.165) is 25.9 Å². The highest BCUT2D eigenvalue weighted by atomic mass is 19.1. The lowest BCUT2D eigenvalue weighted by Crippen LogP contribution is -2.54. The number of carbonyl (C=O) groups excluding carboxylic acids is 1. The van der Waals surface area contributed by atoms with Crippen LogP contribution >= 0.6 is 0 Å². The monoisotopic (exact) mass is 287 g/mol. The van der Waals surface area contributed by atoms with Gasteiger partial charge in [-0.1, -0.05) is 6.07 Å². The fourth-order valence-electron chi connectivity index (χ4n) is 3.39. The molecule has 0 saturated carbocycles. The van der Waals surface area contributed by atoms with E-state index >= 15 is 0 Å². The summed E-state index contributed by atoms with van der Waals surface area (Å²) in [5.74, 6) is 0.178. The number of hydrogen-bond acceptors (Lipinski definition) is 3. The summed E-state index contributed by atoms with van der Waals surface area (Å²) in [6.07, 6.45) is 2.39. The number of fused-ring (bicyclic) bond motifs is 1. The van der Waals surface area contributed by atoms with E-state index in [1.807, 2.05) is 11.0 Å². The van der Waals surface area contributed by atoms with Crippen LogP contribution in [0.25, 0.3) is 0 Å². The lowest BCUT2D eigenvalue weighted by Gasteiger charge is -2.44. The van der Waals surface area contributed by atoms with E-state index in [0.29, 0.717) is 30.0 Å². The van der Waals surface area contributed by atoms with Gasteiger partial charge in [0.2, 0.25) is 5.91 Å². The van der Waals surface area contributed by atoms with E-state index in [2.05, 4.69) is 5.32 Å². The Balaban J connectivity index is 1.81. The van der Waals surface area contributed by atoms with Crippen LogP contribution in [0.4, 0.5) is 4.39 Å². The van der Waals surface area contributed by atoms with Gasteiger partial charge in [-0.3, -0.25) is 4.79 Å². The Morgan fingerprint density at radius 1 is 1.43 bits per heavy atom. The van der Waals surface area contributed by atoms with Gasteiger partial charge in [-0.15, -0.1) is 0 Å². The molecule has 2 heterocycles. The summed E-state index contributed by atoms with van der Waals surface area (Å²) in [5, 5.41) is 12.1. The lowest BCUT2D eigenvalue weighted by atomic mass is 9.84. The van der Waals surface area contributed by atoms with Crippen LogP contribution in [0.1, 0.15) is 30.4 Å². The van der Waals surface area contributed by atoms with Gasteiger partial charge >= 0.3 is 0 Å². The third kappa shape index (κ3) is 2.77. The van der Waals surface area contributed by atoms with Crippen LogP contribution in [0.3, 0.4) is 0 Å². The van der Waals surface area contributed by atoms with Crippen molar-refractivity contribution in [3.8, 4) is 6.07 Å². The number of piperidine rings is 2. The Hall–Kier alpha value is -1.93. The molecule has 2 aliphatic rings. The predicted octanol–water partition coefficient (Wildman–Crippen LogP) is 1.80. The third-order valence-corrected chi connectivity index (χ3v) is 4.54. The van der Waals surface area contributed by atoms with Crippen molar-refractivity contribution >= 4 is 5.91 Å². The van der Waals surface area contributed by atoms with Gasteiger partial charge < -0.3 is 10.2 Å². The molecule has 0 aromatic heterocycles. The zero-order chi connectivity index (χ0) is 14.8. The number of hydrogen-bond donors (Lipinski definition) is 1. The van der Waals surface area contributed by atoms with Gasteiger partial charge in [0.25, 0.3) is 0 Å². The molecule has 21 heavy (non-hydrogen) atoms. The number of nitrogens with one attached hydrogen (secondary N) is 1. The number of rotatable bonds is 2. The maximum atomic E-state index is 14.0. The summed E-state index contributed by atoms with van der Waals surface area (Å²) in [6.45, 7) is 2.14. The molecule has 1 aromatic carbocycles.